The minimum absolute atomic E-state index is 0.0610. The Morgan fingerprint density at radius 2 is 2.00 bits per heavy atom. The van der Waals surface area contributed by atoms with Crippen LogP contribution in [0.25, 0.3) is 0 Å². The van der Waals surface area contributed by atoms with Gasteiger partial charge in [-0.3, -0.25) is 10.1 Å². The van der Waals surface area contributed by atoms with E-state index in [1.54, 1.807) is 18.2 Å². The van der Waals surface area contributed by atoms with Crippen LogP contribution in [-0.2, 0) is 4.79 Å². The van der Waals surface area contributed by atoms with Gasteiger partial charge in [0.1, 0.15) is 0 Å². The van der Waals surface area contributed by atoms with E-state index in [0.29, 0.717) is 15.6 Å². The van der Waals surface area contributed by atoms with Gasteiger partial charge in [-0.05, 0) is 32.9 Å². The summed E-state index contributed by atoms with van der Waals surface area (Å²) in [6.07, 6.45) is 0. The van der Waals surface area contributed by atoms with Gasteiger partial charge < -0.3 is 11.1 Å². The molecule has 0 atom stereocenters. The van der Waals surface area contributed by atoms with Crippen molar-refractivity contribution < 1.29 is 9.59 Å². The summed E-state index contributed by atoms with van der Waals surface area (Å²) in [4.78, 5) is 23.8. The largest absolute Gasteiger partial charge is 0.398 e. The maximum Gasteiger partial charge on any atom is 0.321 e. The monoisotopic (exact) mass is 315 g/mol. The highest BCUT2D eigenvalue weighted by Crippen LogP contribution is 2.32. The van der Waals surface area contributed by atoms with E-state index in [2.05, 4.69) is 10.6 Å². The molecule has 1 aromatic carbocycles. The standard InChI is InChI=1S/C13H18ClN3O2S/c1-13(2,3)17-12(19)16-10(18)7-20-11-8(14)5-4-6-9(11)15/h4-6H,7,15H2,1-3H3,(H2,16,17,18,19). The third kappa shape index (κ3) is 5.71. The number of thioether (sulfide) groups is 1. The molecule has 7 heteroatoms. The Kier molecular flexibility index (Phi) is 5.71. The minimum atomic E-state index is -0.518. The van der Waals surface area contributed by atoms with Crippen molar-refractivity contribution in [3.8, 4) is 0 Å². The predicted octanol–water partition coefficient (Wildman–Crippen LogP) is 2.64. The molecule has 0 radical (unpaired) electrons. The number of nitrogens with two attached hydrogens (primary N) is 1. The summed E-state index contributed by atoms with van der Waals surface area (Å²) in [6, 6.07) is 4.62. The SMILES string of the molecule is CC(C)(C)NC(=O)NC(=O)CSc1c(N)cccc1Cl. The van der Waals surface area contributed by atoms with Gasteiger partial charge in [0.05, 0.1) is 10.8 Å². The summed E-state index contributed by atoms with van der Waals surface area (Å²) >= 11 is 7.19. The molecule has 110 valence electrons. The summed E-state index contributed by atoms with van der Waals surface area (Å²) in [5.74, 6) is -0.345. The van der Waals surface area contributed by atoms with Gasteiger partial charge in [-0.2, -0.15) is 0 Å². The molecule has 0 saturated heterocycles. The van der Waals surface area contributed by atoms with E-state index in [-0.39, 0.29) is 5.75 Å². The van der Waals surface area contributed by atoms with E-state index in [0.717, 1.165) is 0 Å². The highest BCUT2D eigenvalue weighted by atomic mass is 35.5. The minimum Gasteiger partial charge on any atom is -0.398 e. The lowest BCUT2D eigenvalue weighted by atomic mass is 10.1. The molecular formula is C13H18ClN3O2S. The van der Waals surface area contributed by atoms with E-state index < -0.39 is 17.5 Å². The molecule has 0 unspecified atom stereocenters. The van der Waals surface area contributed by atoms with Crippen molar-refractivity contribution in [1.82, 2.24) is 10.6 Å². The van der Waals surface area contributed by atoms with Crippen molar-refractivity contribution in [2.75, 3.05) is 11.5 Å². The molecule has 0 aliphatic rings. The third-order valence-corrected chi connectivity index (χ3v) is 3.66. The average molecular weight is 316 g/mol. The van der Waals surface area contributed by atoms with Crippen LogP contribution in [0.3, 0.4) is 0 Å². The maximum atomic E-state index is 11.7. The zero-order valence-corrected chi connectivity index (χ0v) is 13.2. The van der Waals surface area contributed by atoms with Crippen LogP contribution < -0.4 is 16.4 Å². The van der Waals surface area contributed by atoms with E-state index in [9.17, 15) is 9.59 Å². The van der Waals surface area contributed by atoms with Crippen molar-refractivity contribution in [1.29, 1.82) is 0 Å². The summed E-state index contributed by atoms with van der Waals surface area (Å²) in [5, 5.41) is 5.38. The number of nitrogen functional groups attached to an aromatic ring is 1. The van der Waals surface area contributed by atoms with Crippen LogP contribution in [0.1, 0.15) is 20.8 Å². The maximum absolute atomic E-state index is 11.7. The van der Waals surface area contributed by atoms with Gasteiger partial charge in [0, 0.05) is 16.1 Å². The van der Waals surface area contributed by atoms with Crippen LogP contribution in [0.15, 0.2) is 23.1 Å². The van der Waals surface area contributed by atoms with Crippen LogP contribution in [0.2, 0.25) is 5.02 Å². The van der Waals surface area contributed by atoms with Crippen molar-refractivity contribution in [2.24, 2.45) is 0 Å². The number of carbonyl (C=O) groups excluding carboxylic acids is 2. The Labute approximate surface area is 127 Å². The van der Waals surface area contributed by atoms with Gasteiger partial charge in [-0.25, -0.2) is 4.79 Å². The Hall–Kier alpha value is -1.40. The number of rotatable bonds is 3. The fourth-order valence-electron chi connectivity index (χ4n) is 1.35. The second kappa shape index (κ2) is 6.85. The molecule has 0 aliphatic heterocycles. The van der Waals surface area contributed by atoms with Crippen LogP contribution >= 0.6 is 23.4 Å². The normalized spacial score (nSPS) is 11.0. The molecule has 1 aromatic rings. The Balaban J connectivity index is 2.50. The summed E-state index contributed by atoms with van der Waals surface area (Å²) in [5.41, 5.74) is 5.89. The molecule has 0 bridgehead atoms. The summed E-state index contributed by atoms with van der Waals surface area (Å²) in [6.45, 7) is 5.49. The highest BCUT2D eigenvalue weighted by Gasteiger charge is 2.16. The number of imide groups is 1. The Morgan fingerprint density at radius 3 is 2.55 bits per heavy atom. The predicted molar refractivity (Wildman–Crippen MR) is 83.0 cm³/mol. The van der Waals surface area contributed by atoms with E-state index in [4.69, 9.17) is 17.3 Å². The van der Waals surface area contributed by atoms with Crippen LogP contribution in [-0.4, -0.2) is 23.2 Å². The number of benzene rings is 1. The van der Waals surface area contributed by atoms with Gasteiger partial charge in [0.15, 0.2) is 0 Å². The molecule has 5 nitrogen and oxygen atoms in total. The van der Waals surface area contributed by atoms with Crippen LogP contribution in [0.5, 0.6) is 0 Å². The zero-order chi connectivity index (χ0) is 15.3. The van der Waals surface area contributed by atoms with Crippen molar-refractivity contribution in [3.63, 3.8) is 0 Å². The molecular weight excluding hydrogens is 298 g/mol. The fraction of sp³-hybridized carbons (Fsp3) is 0.385. The number of halogens is 1. The first kappa shape index (κ1) is 16.7. The van der Waals surface area contributed by atoms with E-state index in [1.165, 1.54) is 11.8 Å². The molecule has 0 heterocycles. The van der Waals surface area contributed by atoms with E-state index in [1.807, 2.05) is 20.8 Å². The highest BCUT2D eigenvalue weighted by molar-refractivity contribution is 8.00. The average Bonchev–Trinajstić information content (AvgIpc) is 2.25. The molecule has 3 amide bonds. The summed E-state index contributed by atoms with van der Waals surface area (Å²) < 4.78 is 0. The lowest BCUT2D eigenvalue weighted by molar-refractivity contribution is -0.117. The quantitative estimate of drug-likeness (QED) is 0.591. The fourth-order valence-corrected chi connectivity index (χ4v) is 2.48. The number of hydrogen-bond donors (Lipinski definition) is 3. The second-order valence-electron chi connectivity index (χ2n) is 5.20. The number of carbonyl (C=O) groups is 2. The first-order chi connectivity index (χ1) is 9.19. The van der Waals surface area contributed by atoms with Gasteiger partial charge >= 0.3 is 6.03 Å². The molecule has 0 fully saturated rings. The Morgan fingerprint density at radius 1 is 1.35 bits per heavy atom. The lowest BCUT2D eigenvalue weighted by Crippen LogP contribution is -2.48. The molecule has 4 N–H and O–H groups in total. The van der Waals surface area contributed by atoms with Gasteiger partial charge in [-0.15, -0.1) is 11.8 Å². The number of anilines is 1. The molecule has 0 aliphatic carbocycles. The first-order valence-electron chi connectivity index (χ1n) is 5.98. The zero-order valence-electron chi connectivity index (χ0n) is 11.6. The smallest absolute Gasteiger partial charge is 0.321 e. The van der Waals surface area contributed by atoms with Crippen molar-refractivity contribution >= 4 is 41.0 Å². The first-order valence-corrected chi connectivity index (χ1v) is 7.34. The van der Waals surface area contributed by atoms with Crippen LogP contribution in [0.4, 0.5) is 10.5 Å². The molecule has 20 heavy (non-hydrogen) atoms. The topological polar surface area (TPSA) is 84.2 Å². The molecule has 1 rings (SSSR count). The van der Waals surface area contributed by atoms with Gasteiger partial charge in [-0.1, -0.05) is 17.7 Å². The van der Waals surface area contributed by atoms with Crippen molar-refractivity contribution in [2.45, 2.75) is 31.2 Å². The molecule has 0 aromatic heterocycles. The van der Waals surface area contributed by atoms with Crippen molar-refractivity contribution in [3.05, 3.63) is 23.2 Å². The molecule has 0 spiro atoms. The van der Waals surface area contributed by atoms with Gasteiger partial charge in [0.2, 0.25) is 5.91 Å². The third-order valence-electron chi connectivity index (χ3n) is 2.09. The van der Waals surface area contributed by atoms with Crippen LogP contribution in [0, 0.1) is 0 Å². The second-order valence-corrected chi connectivity index (χ2v) is 6.59. The number of nitrogens with one attached hydrogen (secondary N) is 2. The number of amides is 3. The summed E-state index contributed by atoms with van der Waals surface area (Å²) in [7, 11) is 0. The Bertz CT molecular complexity index is 495. The molecule has 0 saturated carbocycles. The van der Waals surface area contributed by atoms with Gasteiger partial charge in [0.25, 0.3) is 0 Å². The number of hydrogen-bond acceptors (Lipinski definition) is 4. The number of urea groups is 1. The van der Waals surface area contributed by atoms with E-state index >= 15 is 0 Å². The lowest BCUT2D eigenvalue weighted by Gasteiger charge is -2.20.